The molecule has 3 N–H and O–H groups in total. The molecule has 1 saturated heterocycles. The molecule has 0 aromatic carbocycles. The fourth-order valence-electron chi connectivity index (χ4n) is 3.32. The van der Waals surface area contributed by atoms with Gasteiger partial charge >= 0.3 is 0 Å². The number of nitrogens with zero attached hydrogens (tertiary/aromatic N) is 2. The molecule has 0 bridgehead atoms. The lowest BCUT2D eigenvalue weighted by atomic mass is 9.96. The van der Waals surface area contributed by atoms with E-state index in [-0.39, 0.29) is 0 Å². The van der Waals surface area contributed by atoms with Gasteiger partial charge in [-0.3, -0.25) is 10.4 Å². The van der Waals surface area contributed by atoms with Crippen LogP contribution in [0, 0.1) is 5.92 Å². The maximum Gasteiger partial charge on any atom is 0.208 e. The Labute approximate surface area is 105 Å². The number of hydrogen-bond donors (Lipinski definition) is 2. The second kappa shape index (κ2) is 6.24. The summed E-state index contributed by atoms with van der Waals surface area (Å²) in [6.45, 7) is 4.14. The van der Waals surface area contributed by atoms with Gasteiger partial charge in [0, 0.05) is 19.1 Å². The molecule has 0 spiro atoms. The maximum atomic E-state index is 5.63. The van der Waals surface area contributed by atoms with Gasteiger partial charge in [0.1, 0.15) is 0 Å². The first-order valence-electron chi connectivity index (χ1n) is 7.14. The molecule has 98 valence electrons. The van der Waals surface area contributed by atoms with Crippen LogP contribution < -0.4 is 11.3 Å². The first-order chi connectivity index (χ1) is 8.36. The lowest BCUT2D eigenvalue weighted by molar-refractivity contribution is 0.273. The fraction of sp³-hybridized carbons (Fsp3) is 0.923. The second-order valence-electron chi connectivity index (χ2n) is 5.30. The van der Waals surface area contributed by atoms with Crippen LogP contribution >= 0.6 is 0 Å². The number of likely N-dealkylation sites (tertiary alicyclic amines) is 1. The average molecular weight is 238 g/mol. The molecule has 4 nitrogen and oxygen atoms in total. The van der Waals surface area contributed by atoms with E-state index in [9.17, 15) is 0 Å². The Hall–Kier alpha value is -0.770. The Kier molecular flexibility index (Phi) is 4.66. The second-order valence-corrected chi connectivity index (χ2v) is 5.30. The number of rotatable bonds is 3. The van der Waals surface area contributed by atoms with Crippen LogP contribution in [0.2, 0.25) is 0 Å². The van der Waals surface area contributed by atoms with Crippen molar-refractivity contribution in [2.24, 2.45) is 16.8 Å². The van der Waals surface area contributed by atoms with E-state index >= 15 is 0 Å². The third-order valence-corrected chi connectivity index (χ3v) is 4.13. The van der Waals surface area contributed by atoms with Crippen molar-refractivity contribution in [3.05, 3.63) is 0 Å². The van der Waals surface area contributed by atoms with Crippen LogP contribution in [0.15, 0.2) is 4.99 Å². The molecule has 0 amide bonds. The first-order valence-corrected chi connectivity index (χ1v) is 7.14. The van der Waals surface area contributed by atoms with Crippen molar-refractivity contribution in [1.29, 1.82) is 0 Å². The summed E-state index contributed by atoms with van der Waals surface area (Å²) in [5.74, 6) is 7.42. The molecule has 17 heavy (non-hydrogen) atoms. The van der Waals surface area contributed by atoms with Crippen molar-refractivity contribution in [2.45, 2.75) is 57.9 Å². The molecule has 4 heteroatoms. The maximum absolute atomic E-state index is 5.63. The van der Waals surface area contributed by atoms with Gasteiger partial charge in [-0.05, 0) is 38.0 Å². The SMILES string of the molecule is CCCN=C(NN)N1CCCC1C1CCCC1. The van der Waals surface area contributed by atoms with Crippen LogP contribution in [-0.2, 0) is 0 Å². The van der Waals surface area contributed by atoms with Gasteiger partial charge in [-0.2, -0.15) is 0 Å². The summed E-state index contributed by atoms with van der Waals surface area (Å²) in [6, 6.07) is 0.684. The molecule has 1 aliphatic heterocycles. The number of guanidine groups is 1. The summed E-state index contributed by atoms with van der Waals surface area (Å²) in [6.07, 6.45) is 9.29. The third kappa shape index (κ3) is 2.92. The zero-order valence-corrected chi connectivity index (χ0v) is 11.0. The Morgan fingerprint density at radius 1 is 1.29 bits per heavy atom. The highest BCUT2D eigenvalue weighted by Crippen LogP contribution is 2.35. The average Bonchev–Trinajstić information content (AvgIpc) is 3.00. The van der Waals surface area contributed by atoms with Gasteiger partial charge in [-0.15, -0.1) is 0 Å². The van der Waals surface area contributed by atoms with E-state index in [1.807, 2.05) is 0 Å². The molecule has 2 aliphatic rings. The quantitative estimate of drug-likeness (QED) is 0.341. The fourth-order valence-corrected chi connectivity index (χ4v) is 3.32. The van der Waals surface area contributed by atoms with Gasteiger partial charge < -0.3 is 4.90 Å². The summed E-state index contributed by atoms with van der Waals surface area (Å²) < 4.78 is 0. The number of nitrogens with two attached hydrogens (primary N) is 1. The molecular formula is C13H26N4. The highest BCUT2D eigenvalue weighted by molar-refractivity contribution is 5.80. The van der Waals surface area contributed by atoms with E-state index in [2.05, 4.69) is 22.2 Å². The topological polar surface area (TPSA) is 53.6 Å². The van der Waals surface area contributed by atoms with Gasteiger partial charge in [-0.1, -0.05) is 19.8 Å². The van der Waals surface area contributed by atoms with Gasteiger partial charge in [0.05, 0.1) is 0 Å². The van der Waals surface area contributed by atoms with Gasteiger partial charge in [0.15, 0.2) is 0 Å². The number of hydrazine groups is 1. The van der Waals surface area contributed by atoms with E-state index in [1.165, 1.54) is 38.5 Å². The van der Waals surface area contributed by atoms with Crippen LogP contribution in [0.1, 0.15) is 51.9 Å². The van der Waals surface area contributed by atoms with Gasteiger partial charge in [-0.25, -0.2) is 5.84 Å². The molecule has 2 rings (SSSR count). The molecule has 1 unspecified atom stereocenters. The minimum Gasteiger partial charge on any atom is -0.339 e. The molecule has 0 radical (unpaired) electrons. The zero-order chi connectivity index (χ0) is 12.1. The predicted molar refractivity (Wildman–Crippen MR) is 71.6 cm³/mol. The Bertz CT molecular complexity index is 258. The predicted octanol–water partition coefficient (Wildman–Crippen LogP) is 1.87. The van der Waals surface area contributed by atoms with E-state index < -0.39 is 0 Å². The minimum absolute atomic E-state index is 0.684. The van der Waals surface area contributed by atoms with Gasteiger partial charge in [0.25, 0.3) is 0 Å². The van der Waals surface area contributed by atoms with Gasteiger partial charge in [0.2, 0.25) is 5.96 Å². The van der Waals surface area contributed by atoms with Crippen molar-refractivity contribution in [2.75, 3.05) is 13.1 Å². The van der Waals surface area contributed by atoms with E-state index in [0.29, 0.717) is 6.04 Å². The van der Waals surface area contributed by atoms with Crippen molar-refractivity contribution < 1.29 is 0 Å². The summed E-state index contributed by atoms with van der Waals surface area (Å²) >= 11 is 0. The molecular weight excluding hydrogens is 212 g/mol. The standard InChI is InChI=1S/C13H26N4/c1-2-9-15-13(16-14)17-10-5-8-12(17)11-6-3-4-7-11/h11-12H,2-10,14H2,1H3,(H,15,16). The highest BCUT2D eigenvalue weighted by atomic mass is 15.4. The molecule has 1 heterocycles. The molecule has 1 saturated carbocycles. The number of nitrogens with one attached hydrogen (secondary N) is 1. The monoisotopic (exact) mass is 238 g/mol. The van der Waals surface area contributed by atoms with Crippen LogP contribution in [0.5, 0.6) is 0 Å². The lowest BCUT2D eigenvalue weighted by Gasteiger charge is -2.31. The van der Waals surface area contributed by atoms with Crippen molar-refractivity contribution in [1.82, 2.24) is 10.3 Å². The largest absolute Gasteiger partial charge is 0.339 e. The third-order valence-electron chi connectivity index (χ3n) is 4.13. The van der Waals surface area contributed by atoms with Crippen LogP contribution in [0.4, 0.5) is 0 Å². The van der Waals surface area contributed by atoms with Crippen molar-refractivity contribution in [3.63, 3.8) is 0 Å². The minimum atomic E-state index is 0.684. The number of hydrogen-bond acceptors (Lipinski definition) is 2. The molecule has 0 aromatic rings. The van der Waals surface area contributed by atoms with Crippen LogP contribution in [-0.4, -0.2) is 30.0 Å². The Morgan fingerprint density at radius 3 is 2.71 bits per heavy atom. The van der Waals surface area contributed by atoms with E-state index in [4.69, 9.17) is 5.84 Å². The van der Waals surface area contributed by atoms with E-state index in [0.717, 1.165) is 31.4 Å². The number of aliphatic imine (C=N–C) groups is 1. The smallest absolute Gasteiger partial charge is 0.208 e. The summed E-state index contributed by atoms with van der Waals surface area (Å²) in [5, 5.41) is 0. The lowest BCUT2D eigenvalue weighted by Crippen LogP contribution is -2.49. The Balaban J connectivity index is 2.01. The summed E-state index contributed by atoms with van der Waals surface area (Å²) in [7, 11) is 0. The van der Waals surface area contributed by atoms with Crippen molar-refractivity contribution in [3.8, 4) is 0 Å². The van der Waals surface area contributed by atoms with Crippen molar-refractivity contribution >= 4 is 5.96 Å². The molecule has 2 fully saturated rings. The molecule has 1 atom stereocenters. The Morgan fingerprint density at radius 2 is 2.06 bits per heavy atom. The normalized spacial score (nSPS) is 26.8. The van der Waals surface area contributed by atoms with Crippen LogP contribution in [0.25, 0.3) is 0 Å². The summed E-state index contributed by atoms with van der Waals surface area (Å²) in [4.78, 5) is 6.99. The highest BCUT2D eigenvalue weighted by Gasteiger charge is 2.34. The van der Waals surface area contributed by atoms with Crippen LogP contribution in [0.3, 0.4) is 0 Å². The summed E-state index contributed by atoms with van der Waals surface area (Å²) in [5.41, 5.74) is 2.81. The first kappa shape index (κ1) is 12.7. The molecule has 0 aromatic heterocycles. The van der Waals surface area contributed by atoms with E-state index in [1.54, 1.807) is 0 Å². The zero-order valence-electron chi connectivity index (χ0n) is 11.0. The molecule has 1 aliphatic carbocycles.